The number of fused-ring (bicyclic) bond motifs is 2. The van der Waals surface area contributed by atoms with E-state index in [2.05, 4.69) is 0 Å². The third-order valence-electron chi connectivity index (χ3n) is 4.25. The highest BCUT2D eigenvalue weighted by Gasteiger charge is 2.60. The molecule has 1 saturated heterocycles. The molecule has 2 atom stereocenters. The predicted octanol–water partition coefficient (Wildman–Crippen LogP) is 1.89. The van der Waals surface area contributed by atoms with Gasteiger partial charge in [-0.2, -0.15) is 17.2 Å². The normalized spacial score (nSPS) is 33.3. The minimum atomic E-state index is -5.74. The number of halogens is 2. The number of amides is 1. The second kappa shape index (κ2) is 4.13. The van der Waals surface area contributed by atoms with E-state index in [0.29, 0.717) is 12.8 Å². The summed E-state index contributed by atoms with van der Waals surface area (Å²) in [5, 5.41) is -4.77. The van der Waals surface area contributed by atoms with Gasteiger partial charge in [-0.3, -0.25) is 9.35 Å². The van der Waals surface area contributed by atoms with Crippen LogP contribution in [0.25, 0.3) is 0 Å². The van der Waals surface area contributed by atoms with Crippen LogP contribution in [0, 0.1) is 10.8 Å². The van der Waals surface area contributed by atoms with Crippen molar-refractivity contribution < 1.29 is 26.5 Å². The van der Waals surface area contributed by atoms with E-state index in [0.717, 1.165) is 11.3 Å². The zero-order valence-corrected chi connectivity index (χ0v) is 12.5. The van der Waals surface area contributed by atoms with Crippen molar-refractivity contribution in [1.29, 1.82) is 0 Å². The molecule has 8 heteroatoms. The molecule has 2 aliphatic rings. The van der Waals surface area contributed by atoms with Gasteiger partial charge in [-0.25, -0.2) is 0 Å². The molecule has 0 spiro atoms. The minimum absolute atomic E-state index is 0.0833. The first-order valence-electron chi connectivity index (χ1n) is 6.43. The zero-order chi connectivity index (χ0) is 15.6. The number of nitrogens with zero attached hydrogens (tertiary/aromatic N) is 1. The first-order chi connectivity index (χ1) is 8.78. The highest BCUT2D eigenvalue weighted by Crippen LogP contribution is 2.53. The Bertz CT molecular complexity index is 546. The van der Waals surface area contributed by atoms with Gasteiger partial charge in [-0.05, 0) is 30.1 Å². The van der Waals surface area contributed by atoms with Crippen molar-refractivity contribution in [1.82, 2.24) is 4.90 Å². The second-order valence-electron chi connectivity index (χ2n) is 7.14. The summed E-state index contributed by atoms with van der Waals surface area (Å²) in [6.07, 6.45) is 1.93. The van der Waals surface area contributed by atoms with Crippen LogP contribution in [0.4, 0.5) is 8.78 Å². The van der Waals surface area contributed by atoms with Crippen molar-refractivity contribution in [2.24, 2.45) is 10.8 Å². The average molecular weight is 311 g/mol. The van der Waals surface area contributed by atoms with Crippen molar-refractivity contribution in [2.45, 2.75) is 51.3 Å². The number of hydrogen-bond acceptors (Lipinski definition) is 3. The Hall–Kier alpha value is -0.760. The Morgan fingerprint density at radius 1 is 1.30 bits per heavy atom. The second-order valence-corrected chi connectivity index (χ2v) is 8.60. The summed E-state index contributed by atoms with van der Waals surface area (Å²) >= 11 is 0. The quantitative estimate of drug-likeness (QED) is 0.790. The van der Waals surface area contributed by atoms with Gasteiger partial charge in [0.1, 0.15) is 0 Å². The summed E-state index contributed by atoms with van der Waals surface area (Å²) in [6, 6.07) is -0.399. The number of likely N-dealkylation sites (tertiary alicyclic amines) is 1. The first kappa shape index (κ1) is 15.6. The van der Waals surface area contributed by atoms with Crippen LogP contribution >= 0.6 is 0 Å². The largest absolute Gasteiger partial charge is 0.446 e. The monoisotopic (exact) mass is 311 g/mol. The van der Waals surface area contributed by atoms with E-state index in [9.17, 15) is 22.0 Å². The molecule has 2 rings (SSSR count). The van der Waals surface area contributed by atoms with Gasteiger partial charge in [0.05, 0.1) is 0 Å². The van der Waals surface area contributed by atoms with Gasteiger partial charge in [-0.15, -0.1) is 0 Å². The molecule has 1 aliphatic heterocycles. The van der Waals surface area contributed by atoms with Crippen molar-refractivity contribution in [3.05, 3.63) is 0 Å². The molecule has 5 nitrogen and oxygen atoms in total. The van der Waals surface area contributed by atoms with Gasteiger partial charge < -0.3 is 4.90 Å². The first-order valence-corrected chi connectivity index (χ1v) is 7.87. The highest BCUT2D eigenvalue weighted by atomic mass is 32.2. The molecule has 2 unspecified atom stereocenters. The molecule has 2 fully saturated rings. The van der Waals surface area contributed by atoms with E-state index in [1.807, 2.05) is 20.8 Å². The van der Waals surface area contributed by atoms with E-state index in [1.54, 1.807) is 0 Å². The van der Waals surface area contributed by atoms with Crippen LogP contribution in [-0.4, -0.2) is 41.6 Å². The van der Waals surface area contributed by atoms with E-state index >= 15 is 0 Å². The van der Waals surface area contributed by atoms with Crippen LogP contribution in [0.5, 0.6) is 0 Å². The SMILES string of the molecule is CC1(C)CC2CC(C)(CN2C(=O)C(F)(F)S(=O)(=O)O)C1. The van der Waals surface area contributed by atoms with E-state index < -0.39 is 27.3 Å². The van der Waals surface area contributed by atoms with Crippen molar-refractivity contribution in [3.8, 4) is 0 Å². The summed E-state index contributed by atoms with van der Waals surface area (Å²) in [6.45, 7) is 6.03. The van der Waals surface area contributed by atoms with Gasteiger partial charge in [0.2, 0.25) is 0 Å². The number of carbonyl (C=O) groups excluding carboxylic acids is 1. The molecule has 1 aliphatic carbocycles. The van der Waals surface area contributed by atoms with E-state index in [-0.39, 0.29) is 17.4 Å². The highest BCUT2D eigenvalue weighted by molar-refractivity contribution is 7.87. The van der Waals surface area contributed by atoms with Crippen molar-refractivity contribution in [2.75, 3.05) is 6.54 Å². The summed E-state index contributed by atoms with van der Waals surface area (Å²) in [5.74, 6) is -1.81. The van der Waals surface area contributed by atoms with Gasteiger partial charge >= 0.3 is 21.3 Å². The van der Waals surface area contributed by atoms with Crippen molar-refractivity contribution >= 4 is 16.0 Å². The number of hydrogen-bond donors (Lipinski definition) is 1. The lowest BCUT2D eigenvalue weighted by Gasteiger charge is -2.39. The molecule has 1 N–H and O–H groups in total. The van der Waals surface area contributed by atoms with E-state index in [1.165, 1.54) is 0 Å². The average Bonchev–Trinajstić information content (AvgIpc) is 2.44. The summed E-state index contributed by atoms with van der Waals surface area (Å²) in [7, 11) is -5.74. The fraction of sp³-hybridized carbons (Fsp3) is 0.917. The van der Waals surface area contributed by atoms with Crippen LogP contribution in [0.1, 0.15) is 40.0 Å². The minimum Gasteiger partial charge on any atom is -0.333 e. The molecule has 1 saturated carbocycles. The van der Waals surface area contributed by atoms with Crippen LogP contribution in [0.3, 0.4) is 0 Å². The van der Waals surface area contributed by atoms with Crippen LogP contribution in [0.15, 0.2) is 0 Å². The number of carbonyl (C=O) groups is 1. The Kier molecular flexibility index (Phi) is 3.22. The predicted molar refractivity (Wildman–Crippen MR) is 67.7 cm³/mol. The lowest BCUT2D eigenvalue weighted by molar-refractivity contribution is -0.148. The Morgan fingerprint density at radius 2 is 1.85 bits per heavy atom. The van der Waals surface area contributed by atoms with Crippen LogP contribution < -0.4 is 0 Å². The molecule has 0 aromatic rings. The summed E-state index contributed by atoms with van der Waals surface area (Å²) in [5.41, 5.74) is -0.364. The fourth-order valence-electron chi connectivity index (χ4n) is 3.97. The number of rotatable bonds is 2. The molecule has 0 aromatic carbocycles. The third kappa shape index (κ3) is 2.43. The lowest BCUT2D eigenvalue weighted by Crippen LogP contribution is -2.50. The summed E-state index contributed by atoms with van der Waals surface area (Å²) < 4.78 is 57.0. The molecule has 0 radical (unpaired) electrons. The van der Waals surface area contributed by atoms with Crippen LogP contribution in [0.2, 0.25) is 0 Å². The van der Waals surface area contributed by atoms with Crippen molar-refractivity contribution in [3.63, 3.8) is 0 Å². The maximum absolute atomic E-state index is 13.5. The maximum atomic E-state index is 13.5. The Labute approximate surface area is 117 Å². The van der Waals surface area contributed by atoms with Gasteiger partial charge in [0.25, 0.3) is 0 Å². The molecule has 20 heavy (non-hydrogen) atoms. The van der Waals surface area contributed by atoms with Gasteiger partial charge in [-0.1, -0.05) is 20.8 Å². The van der Waals surface area contributed by atoms with E-state index in [4.69, 9.17) is 4.55 Å². The summed E-state index contributed by atoms with van der Waals surface area (Å²) in [4.78, 5) is 12.8. The Morgan fingerprint density at radius 3 is 2.35 bits per heavy atom. The number of alkyl halides is 2. The zero-order valence-electron chi connectivity index (χ0n) is 11.7. The molecule has 0 aromatic heterocycles. The molecule has 1 amide bonds. The fourth-order valence-corrected chi connectivity index (χ4v) is 4.31. The molecule has 116 valence electrons. The third-order valence-corrected chi connectivity index (χ3v) is 5.07. The molecular weight excluding hydrogens is 292 g/mol. The molecular formula is C12H19F2NO4S. The topological polar surface area (TPSA) is 74.7 Å². The Balaban J connectivity index is 2.31. The van der Waals surface area contributed by atoms with Gasteiger partial charge in [0, 0.05) is 12.6 Å². The molecule has 1 heterocycles. The van der Waals surface area contributed by atoms with Crippen LogP contribution in [-0.2, 0) is 14.9 Å². The standard InChI is InChI=1S/C12H19F2NO4S/c1-10(2)4-8-5-11(3,6-10)7-15(8)9(16)12(13,14)20(17,18)19/h8H,4-7H2,1-3H3,(H,17,18,19). The van der Waals surface area contributed by atoms with Gasteiger partial charge in [0.15, 0.2) is 0 Å². The smallest absolute Gasteiger partial charge is 0.333 e. The lowest BCUT2D eigenvalue weighted by atomic mass is 9.65. The molecule has 2 bridgehead atoms. The maximum Gasteiger partial charge on any atom is 0.446 e.